The Kier molecular flexibility index (Phi) is 7.33. The number of fused-ring (bicyclic) bond motifs is 1. The minimum Gasteiger partial charge on any atom is -0.497 e. The van der Waals surface area contributed by atoms with E-state index >= 15 is 0 Å². The van der Waals surface area contributed by atoms with Crippen LogP contribution in [-0.2, 0) is 17.9 Å². The Bertz CT molecular complexity index is 1310. The molecular formula is C28H33N5O4. The van der Waals surface area contributed by atoms with Gasteiger partial charge in [0.25, 0.3) is 11.8 Å². The number of methoxy groups -OCH3 is 1. The molecule has 37 heavy (non-hydrogen) atoms. The molecular weight excluding hydrogens is 470 g/mol. The van der Waals surface area contributed by atoms with Gasteiger partial charge in [0.2, 0.25) is 5.91 Å². The van der Waals surface area contributed by atoms with Gasteiger partial charge in [-0.15, -0.1) is 0 Å². The van der Waals surface area contributed by atoms with Crippen LogP contribution in [-0.4, -0.2) is 51.4 Å². The summed E-state index contributed by atoms with van der Waals surface area (Å²) in [6.07, 6.45) is 2.12. The summed E-state index contributed by atoms with van der Waals surface area (Å²) in [5.74, 6) is -0.382. The fourth-order valence-corrected chi connectivity index (χ4v) is 4.73. The number of aryl methyl sites for hydroxylation is 2. The lowest BCUT2D eigenvalue weighted by molar-refractivity contribution is -0.133. The van der Waals surface area contributed by atoms with Gasteiger partial charge in [0.1, 0.15) is 17.0 Å². The molecule has 9 heteroatoms. The summed E-state index contributed by atoms with van der Waals surface area (Å²) in [6, 6.07) is 13.2. The number of aromatic nitrogens is 2. The number of amides is 3. The number of ether oxygens (including phenoxy) is 1. The second-order valence-electron chi connectivity index (χ2n) is 9.55. The Hall–Kier alpha value is -4.14. The van der Waals surface area contributed by atoms with Crippen LogP contribution in [0.25, 0.3) is 0 Å². The van der Waals surface area contributed by atoms with E-state index in [0.717, 1.165) is 22.4 Å². The number of para-hydroxylation sites is 1. The summed E-state index contributed by atoms with van der Waals surface area (Å²) < 4.78 is 6.80. The van der Waals surface area contributed by atoms with Gasteiger partial charge in [-0.3, -0.25) is 14.4 Å². The van der Waals surface area contributed by atoms with Gasteiger partial charge < -0.3 is 24.8 Å². The molecule has 2 aromatic carbocycles. The zero-order valence-electron chi connectivity index (χ0n) is 21.9. The lowest BCUT2D eigenvalue weighted by Crippen LogP contribution is -2.64. The van der Waals surface area contributed by atoms with Gasteiger partial charge in [0.05, 0.1) is 20.0 Å². The smallest absolute Gasteiger partial charge is 0.276 e. The second kappa shape index (κ2) is 10.5. The maximum atomic E-state index is 13.7. The normalized spacial score (nSPS) is 16.8. The molecule has 1 aliphatic rings. The zero-order valence-corrected chi connectivity index (χ0v) is 21.9. The Balaban J connectivity index is 1.59. The number of rotatable bonds is 8. The third-order valence-electron chi connectivity index (χ3n) is 6.84. The van der Waals surface area contributed by atoms with Crippen LogP contribution in [0.15, 0.2) is 48.8 Å². The molecule has 0 unspecified atom stereocenters. The van der Waals surface area contributed by atoms with E-state index in [-0.39, 0.29) is 29.7 Å². The highest BCUT2D eigenvalue weighted by molar-refractivity contribution is 6.12. The molecule has 0 fully saturated rings. The van der Waals surface area contributed by atoms with Crippen molar-refractivity contribution in [2.45, 2.75) is 52.7 Å². The van der Waals surface area contributed by atoms with Crippen molar-refractivity contribution in [2.24, 2.45) is 0 Å². The van der Waals surface area contributed by atoms with Gasteiger partial charge in [-0.1, -0.05) is 37.3 Å². The van der Waals surface area contributed by atoms with Crippen LogP contribution in [0.5, 0.6) is 5.75 Å². The molecule has 1 aromatic heterocycles. The Morgan fingerprint density at radius 1 is 1.11 bits per heavy atom. The van der Waals surface area contributed by atoms with E-state index in [1.807, 2.05) is 63.2 Å². The minimum atomic E-state index is -1.15. The molecule has 1 atom stereocenters. The average Bonchev–Trinajstić information content (AvgIpc) is 3.31. The summed E-state index contributed by atoms with van der Waals surface area (Å²) >= 11 is 0. The largest absolute Gasteiger partial charge is 0.497 e. The number of carbonyl (C=O) groups excluding carboxylic acids is 3. The molecule has 9 nitrogen and oxygen atoms in total. The highest BCUT2D eigenvalue weighted by atomic mass is 16.5. The maximum Gasteiger partial charge on any atom is 0.276 e. The first kappa shape index (κ1) is 25.9. The molecule has 0 saturated carbocycles. The van der Waals surface area contributed by atoms with Crippen LogP contribution in [0.2, 0.25) is 0 Å². The van der Waals surface area contributed by atoms with Crippen LogP contribution in [0, 0.1) is 13.8 Å². The fraction of sp³-hybridized carbons (Fsp3) is 0.357. The number of benzene rings is 2. The molecule has 2 N–H and O–H groups in total. The van der Waals surface area contributed by atoms with E-state index in [4.69, 9.17) is 4.74 Å². The fourth-order valence-electron chi connectivity index (χ4n) is 4.73. The highest BCUT2D eigenvalue weighted by Crippen LogP contribution is 2.30. The van der Waals surface area contributed by atoms with Crippen molar-refractivity contribution in [2.75, 3.05) is 19.0 Å². The number of hydrogen-bond acceptors (Lipinski definition) is 5. The van der Waals surface area contributed by atoms with Gasteiger partial charge in [0, 0.05) is 18.8 Å². The minimum absolute atomic E-state index is 0.0504. The second-order valence-corrected chi connectivity index (χ2v) is 9.55. The molecule has 4 rings (SSSR count). The van der Waals surface area contributed by atoms with E-state index in [0.29, 0.717) is 25.2 Å². The Morgan fingerprint density at radius 2 is 1.78 bits per heavy atom. The third kappa shape index (κ3) is 4.94. The molecule has 2 heterocycles. The van der Waals surface area contributed by atoms with Crippen molar-refractivity contribution in [3.8, 4) is 5.75 Å². The number of nitrogens with zero attached hydrogens (tertiary/aromatic N) is 3. The van der Waals surface area contributed by atoms with Crippen LogP contribution in [0.3, 0.4) is 0 Å². The van der Waals surface area contributed by atoms with Crippen molar-refractivity contribution in [1.29, 1.82) is 0 Å². The summed E-state index contributed by atoms with van der Waals surface area (Å²) in [4.78, 5) is 46.3. The first-order chi connectivity index (χ1) is 17.7. The van der Waals surface area contributed by atoms with Crippen molar-refractivity contribution < 1.29 is 19.1 Å². The van der Waals surface area contributed by atoms with E-state index in [2.05, 4.69) is 15.6 Å². The van der Waals surface area contributed by atoms with Crippen molar-refractivity contribution in [3.05, 3.63) is 76.9 Å². The van der Waals surface area contributed by atoms with E-state index in [9.17, 15) is 14.4 Å². The topological polar surface area (TPSA) is 106 Å². The van der Waals surface area contributed by atoms with Crippen LogP contribution >= 0.6 is 0 Å². The van der Waals surface area contributed by atoms with Gasteiger partial charge >= 0.3 is 0 Å². The molecule has 194 valence electrons. The number of hydrogen-bond donors (Lipinski definition) is 2. The Morgan fingerprint density at radius 3 is 2.41 bits per heavy atom. The van der Waals surface area contributed by atoms with Gasteiger partial charge in [-0.05, 0) is 56.0 Å². The average molecular weight is 504 g/mol. The van der Waals surface area contributed by atoms with Gasteiger partial charge in [0.15, 0.2) is 5.69 Å². The van der Waals surface area contributed by atoms with Gasteiger partial charge in [-0.2, -0.15) is 0 Å². The molecule has 0 aliphatic carbocycles. The molecule has 1 aliphatic heterocycles. The van der Waals surface area contributed by atoms with E-state index in [1.165, 1.54) is 6.33 Å². The molecule has 0 saturated heterocycles. The molecule has 0 bridgehead atoms. The van der Waals surface area contributed by atoms with Crippen molar-refractivity contribution in [3.63, 3.8) is 0 Å². The SMILES string of the molecule is CCCN1C(=O)c2c(C(=O)Nc3c(C)cccc3C)ncn2C[C@@]1(C)C(=O)NCc1ccc(OC)cc1. The van der Waals surface area contributed by atoms with Crippen LogP contribution in [0.1, 0.15) is 57.9 Å². The number of carbonyl (C=O) groups is 3. The predicted octanol–water partition coefficient (Wildman–Crippen LogP) is 3.70. The zero-order chi connectivity index (χ0) is 26.7. The summed E-state index contributed by atoms with van der Waals surface area (Å²) in [5, 5.41) is 5.89. The van der Waals surface area contributed by atoms with Crippen molar-refractivity contribution >= 4 is 23.4 Å². The lowest BCUT2D eigenvalue weighted by Gasteiger charge is -2.43. The summed E-state index contributed by atoms with van der Waals surface area (Å²) in [5.41, 5.74) is 2.55. The quantitative estimate of drug-likeness (QED) is 0.488. The number of anilines is 1. The standard InChI is InChI=1S/C28H33N5O4/c1-6-14-33-26(35)24-23(25(34)31-22-18(2)8-7-9-19(22)3)30-17-32(24)16-28(33,4)27(36)29-15-20-10-12-21(37-5)13-11-20/h7-13,17H,6,14-16H2,1-5H3,(H,29,36)(H,31,34)/t28-/m0/s1. The first-order valence-corrected chi connectivity index (χ1v) is 12.4. The molecule has 3 aromatic rings. The maximum absolute atomic E-state index is 13.7. The molecule has 0 spiro atoms. The van der Waals surface area contributed by atoms with E-state index in [1.54, 1.807) is 23.5 Å². The summed E-state index contributed by atoms with van der Waals surface area (Å²) in [7, 11) is 1.60. The third-order valence-corrected chi connectivity index (χ3v) is 6.84. The monoisotopic (exact) mass is 503 g/mol. The molecule has 3 amide bonds. The highest BCUT2D eigenvalue weighted by Gasteiger charge is 2.48. The number of imidazole rings is 1. The number of nitrogens with one attached hydrogen (secondary N) is 2. The van der Waals surface area contributed by atoms with E-state index < -0.39 is 11.4 Å². The Labute approximate surface area is 216 Å². The van der Waals surface area contributed by atoms with Crippen LogP contribution < -0.4 is 15.4 Å². The van der Waals surface area contributed by atoms with Gasteiger partial charge in [-0.25, -0.2) is 4.98 Å². The first-order valence-electron chi connectivity index (χ1n) is 12.4. The molecule has 0 radical (unpaired) electrons. The van der Waals surface area contributed by atoms with Crippen molar-refractivity contribution in [1.82, 2.24) is 19.8 Å². The van der Waals surface area contributed by atoms with Crippen LogP contribution in [0.4, 0.5) is 5.69 Å². The summed E-state index contributed by atoms with van der Waals surface area (Å²) in [6.45, 7) is 8.39. The predicted molar refractivity (Wildman–Crippen MR) is 141 cm³/mol. The lowest BCUT2D eigenvalue weighted by atomic mass is 9.93.